The molecule has 2 aliphatic heterocycles. The summed E-state index contributed by atoms with van der Waals surface area (Å²) >= 11 is 5.66. The molecule has 2 heterocycles. The van der Waals surface area contributed by atoms with Crippen LogP contribution in [0.4, 0.5) is 14.9 Å². The van der Waals surface area contributed by atoms with E-state index in [4.69, 9.17) is 16.3 Å². The molecule has 1 atom stereocenters. The number of rotatable bonds is 2. The zero-order chi connectivity index (χ0) is 16.4. The first-order valence-corrected chi connectivity index (χ1v) is 7.83. The van der Waals surface area contributed by atoms with E-state index < -0.39 is 11.9 Å². The number of nitrogens with one attached hydrogen (secondary N) is 1. The van der Waals surface area contributed by atoms with Gasteiger partial charge in [-0.1, -0.05) is 11.6 Å². The fraction of sp³-hybridized carbons (Fsp3) is 0.467. The zero-order valence-electron chi connectivity index (χ0n) is 12.4. The molecule has 0 radical (unpaired) electrons. The van der Waals surface area contributed by atoms with Crippen molar-refractivity contribution in [3.8, 4) is 0 Å². The van der Waals surface area contributed by atoms with Gasteiger partial charge in [0.15, 0.2) is 0 Å². The van der Waals surface area contributed by atoms with Crippen LogP contribution >= 0.6 is 11.6 Å². The summed E-state index contributed by atoms with van der Waals surface area (Å²) in [6.45, 7) is 2.45. The second-order valence-corrected chi connectivity index (χ2v) is 5.89. The quantitative estimate of drug-likeness (QED) is 0.889. The minimum atomic E-state index is -0.593. The molecule has 0 saturated carbocycles. The average molecular weight is 342 g/mol. The van der Waals surface area contributed by atoms with E-state index in [1.807, 2.05) is 0 Å². The van der Waals surface area contributed by atoms with Gasteiger partial charge < -0.3 is 19.9 Å². The molecule has 124 valence electrons. The second kappa shape index (κ2) is 6.72. The third kappa shape index (κ3) is 3.40. The minimum Gasteiger partial charge on any atom is -0.378 e. The van der Waals surface area contributed by atoms with E-state index in [0.717, 1.165) is 0 Å². The van der Waals surface area contributed by atoms with Crippen molar-refractivity contribution in [1.82, 2.24) is 10.2 Å². The maximum absolute atomic E-state index is 13.6. The summed E-state index contributed by atoms with van der Waals surface area (Å²) in [5.74, 6) is -0.814. The van der Waals surface area contributed by atoms with E-state index in [1.165, 1.54) is 17.0 Å². The monoisotopic (exact) mass is 341 g/mol. The van der Waals surface area contributed by atoms with Gasteiger partial charge in [-0.3, -0.25) is 4.79 Å². The van der Waals surface area contributed by atoms with Gasteiger partial charge in [0.25, 0.3) is 0 Å². The Balaban J connectivity index is 1.64. The fourth-order valence-electron chi connectivity index (χ4n) is 2.73. The molecule has 3 rings (SSSR count). The Morgan fingerprint density at radius 3 is 2.74 bits per heavy atom. The second-order valence-electron chi connectivity index (χ2n) is 5.48. The standard InChI is InChI=1S/C15H17ClFN3O3/c16-11-2-1-10(9-12(11)17)20-4-3-13(14(20)21)18-15(22)19-5-7-23-8-6-19/h1-2,9,13H,3-8H2,(H,18,22)/t13-/m0/s1. The summed E-state index contributed by atoms with van der Waals surface area (Å²) in [5.41, 5.74) is 0.444. The van der Waals surface area contributed by atoms with Crippen molar-refractivity contribution in [2.45, 2.75) is 12.5 Å². The van der Waals surface area contributed by atoms with Crippen molar-refractivity contribution < 1.29 is 18.7 Å². The lowest BCUT2D eigenvalue weighted by atomic mass is 10.2. The van der Waals surface area contributed by atoms with Crippen molar-refractivity contribution in [2.24, 2.45) is 0 Å². The maximum atomic E-state index is 13.6. The van der Waals surface area contributed by atoms with Crippen LogP contribution in [0.25, 0.3) is 0 Å². The van der Waals surface area contributed by atoms with E-state index in [0.29, 0.717) is 45.0 Å². The van der Waals surface area contributed by atoms with Crippen LogP contribution < -0.4 is 10.2 Å². The minimum absolute atomic E-state index is 0.0116. The van der Waals surface area contributed by atoms with Gasteiger partial charge in [-0.05, 0) is 24.6 Å². The van der Waals surface area contributed by atoms with Gasteiger partial charge in [0, 0.05) is 25.3 Å². The van der Waals surface area contributed by atoms with E-state index in [2.05, 4.69) is 5.32 Å². The highest BCUT2D eigenvalue weighted by atomic mass is 35.5. The molecule has 0 spiro atoms. The molecule has 1 aromatic carbocycles. The molecular weight excluding hydrogens is 325 g/mol. The molecule has 0 bridgehead atoms. The van der Waals surface area contributed by atoms with Gasteiger partial charge in [0.05, 0.1) is 18.2 Å². The van der Waals surface area contributed by atoms with Crippen LogP contribution in [0.2, 0.25) is 5.02 Å². The number of morpholine rings is 1. The Morgan fingerprint density at radius 2 is 2.04 bits per heavy atom. The molecule has 2 aliphatic rings. The number of hydrogen-bond acceptors (Lipinski definition) is 3. The molecule has 0 aliphatic carbocycles. The third-order valence-corrected chi connectivity index (χ3v) is 4.32. The summed E-state index contributed by atoms with van der Waals surface area (Å²) in [6.07, 6.45) is 0.485. The normalized spacial score (nSPS) is 21.7. The largest absolute Gasteiger partial charge is 0.378 e. The molecular formula is C15H17ClFN3O3. The molecule has 23 heavy (non-hydrogen) atoms. The van der Waals surface area contributed by atoms with Crippen LogP contribution in [-0.2, 0) is 9.53 Å². The molecule has 1 aromatic rings. The summed E-state index contributed by atoms with van der Waals surface area (Å²) in [6, 6.07) is 3.38. The smallest absolute Gasteiger partial charge is 0.318 e. The maximum Gasteiger partial charge on any atom is 0.318 e. The Bertz CT molecular complexity index is 622. The predicted molar refractivity (Wildman–Crippen MR) is 83.1 cm³/mol. The van der Waals surface area contributed by atoms with Gasteiger partial charge in [-0.15, -0.1) is 0 Å². The zero-order valence-corrected chi connectivity index (χ0v) is 13.2. The van der Waals surface area contributed by atoms with Crippen molar-refractivity contribution in [2.75, 3.05) is 37.7 Å². The number of urea groups is 1. The van der Waals surface area contributed by atoms with Crippen molar-refractivity contribution in [3.63, 3.8) is 0 Å². The molecule has 0 aromatic heterocycles. The summed E-state index contributed by atoms with van der Waals surface area (Å²) in [5, 5.41) is 2.76. The lowest BCUT2D eigenvalue weighted by Crippen LogP contribution is -2.51. The third-order valence-electron chi connectivity index (χ3n) is 4.02. The van der Waals surface area contributed by atoms with E-state index in [1.54, 1.807) is 11.0 Å². The van der Waals surface area contributed by atoms with Crippen molar-refractivity contribution in [3.05, 3.63) is 29.0 Å². The molecule has 6 nitrogen and oxygen atoms in total. The van der Waals surface area contributed by atoms with Gasteiger partial charge in [0.1, 0.15) is 11.9 Å². The summed E-state index contributed by atoms with van der Waals surface area (Å²) in [4.78, 5) is 27.7. The first-order chi connectivity index (χ1) is 11.1. The number of ether oxygens (including phenoxy) is 1. The number of halogens is 2. The van der Waals surface area contributed by atoms with Gasteiger partial charge in [-0.2, -0.15) is 0 Å². The first-order valence-electron chi connectivity index (χ1n) is 7.46. The molecule has 3 amide bonds. The molecule has 8 heteroatoms. The number of benzene rings is 1. The van der Waals surface area contributed by atoms with Crippen LogP contribution in [-0.4, -0.2) is 55.7 Å². The Labute approximate surface area is 138 Å². The van der Waals surface area contributed by atoms with Crippen LogP contribution in [0.1, 0.15) is 6.42 Å². The highest BCUT2D eigenvalue weighted by Gasteiger charge is 2.35. The SMILES string of the molecule is O=C(N[C@H]1CCN(c2ccc(Cl)c(F)c2)C1=O)N1CCOCC1. The number of carbonyl (C=O) groups is 2. The van der Waals surface area contributed by atoms with Crippen molar-refractivity contribution >= 4 is 29.2 Å². The van der Waals surface area contributed by atoms with E-state index in [-0.39, 0.29) is 17.0 Å². The van der Waals surface area contributed by atoms with Gasteiger partial charge >= 0.3 is 6.03 Å². The van der Waals surface area contributed by atoms with Crippen LogP contribution in [0.3, 0.4) is 0 Å². The number of hydrogen-bond donors (Lipinski definition) is 1. The highest BCUT2D eigenvalue weighted by Crippen LogP contribution is 2.25. The number of anilines is 1. The highest BCUT2D eigenvalue weighted by molar-refractivity contribution is 6.30. The van der Waals surface area contributed by atoms with Crippen LogP contribution in [0.5, 0.6) is 0 Å². The number of carbonyl (C=O) groups excluding carboxylic acids is 2. The van der Waals surface area contributed by atoms with Crippen molar-refractivity contribution in [1.29, 1.82) is 0 Å². The Morgan fingerprint density at radius 1 is 1.30 bits per heavy atom. The molecule has 1 N–H and O–H groups in total. The molecule has 2 saturated heterocycles. The summed E-state index contributed by atoms with van der Waals surface area (Å²) < 4.78 is 18.7. The van der Waals surface area contributed by atoms with Gasteiger partial charge in [0.2, 0.25) is 5.91 Å². The van der Waals surface area contributed by atoms with E-state index >= 15 is 0 Å². The van der Waals surface area contributed by atoms with E-state index in [9.17, 15) is 14.0 Å². The lowest BCUT2D eigenvalue weighted by Gasteiger charge is -2.28. The molecule has 2 fully saturated rings. The lowest BCUT2D eigenvalue weighted by molar-refractivity contribution is -0.118. The predicted octanol–water partition coefficient (Wildman–Crippen LogP) is 1.63. The Kier molecular flexibility index (Phi) is 4.68. The topological polar surface area (TPSA) is 61.9 Å². The van der Waals surface area contributed by atoms with Gasteiger partial charge in [-0.25, -0.2) is 9.18 Å². The molecule has 0 unspecified atom stereocenters. The summed E-state index contributed by atoms with van der Waals surface area (Å²) in [7, 11) is 0. The Hall–Kier alpha value is -1.86. The van der Waals surface area contributed by atoms with Crippen LogP contribution in [0, 0.1) is 5.82 Å². The average Bonchev–Trinajstić information content (AvgIpc) is 2.92. The first kappa shape index (κ1) is 16.0. The number of nitrogens with zero attached hydrogens (tertiary/aromatic N) is 2. The van der Waals surface area contributed by atoms with Crippen LogP contribution in [0.15, 0.2) is 18.2 Å². The number of amides is 3. The fourth-order valence-corrected chi connectivity index (χ4v) is 2.85.